The molecule has 0 saturated carbocycles. The minimum atomic E-state index is -0.993. The Hall–Kier alpha value is -2.15. The van der Waals surface area contributed by atoms with Gasteiger partial charge in [-0.3, -0.25) is 15.4 Å². The summed E-state index contributed by atoms with van der Waals surface area (Å²) < 4.78 is 13.7. The Morgan fingerprint density at radius 1 is 1.50 bits per heavy atom. The molecule has 0 spiro atoms. The molecule has 0 aliphatic carbocycles. The van der Waals surface area contributed by atoms with Crippen LogP contribution in [0.5, 0.6) is 0 Å². The Bertz CT molecular complexity index is 559. The Balaban J connectivity index is 2.41. The Kier molecular flexibility index (Phi) is 3.63. The fourth-order valence-corrected chi connectivity index (χ4v) is 2.25. The van der Waals surface area contributed by atoms with E-state index in [1.54, 1.807) is 13.8 Å². The fraction of sp³-hybridized carbons (Fsp3) is 0.385. The Labute approximate surface area is 116 Å². The highest BCUT2D eigenvalue weighted by atomic mass is 19.1. The van der Waals surface area contributed by atoms with E-state index in [4.69, 9.17) is 5.84 Å². The molecule has 1 fully saturated rings. The third-order valence-corrected chi connectivity index (χ3v) is 3.48. The average molecular weight is 280 g/mol. The number of carbonyl (C=O) groups is 2. The van der Waals surface area contributed by atoms with E-state index in [2.05, 4.69) is 10.7 Å². The number of benzene rings is 1. The molecule has 0 radical (unpaired) electrons. The van der Waals surface area contributed by atoms with Gasteiger partial charge in [0, 0.05) is 13.1 Å². The number of nitrogens with two attached hydrogens (primary N) is 1. The molecule has 7 heteroatoms. The van der Waals surface area contributed by atoms with Gasteiger partial charge in [0.15, 0.2) is 0 Å². The zero-order chi connectivity index (χ0) is 14.9. The zero-order valence-corrected chi connectivity index (χ0v) is 11.4. The number of carbonyl (C=O) groups excluding carboxylic acids is 2. The second-order valence-corrected chi connectivity index (χ2v) is 5.08. The summed E-state index contributed by atoms with van der Waals surface area (Å²) >= 11 is 0. The number of hydrogen-bond donors (Lipinski definition) is 3. The second kappa shape index (κ2) is 5.09. The highest BCUT2D eigenvalue weighted by Crippen LogP contribution is 2.25. The smallest absolute Gasteiger partial charge is 0.257 e. The Morgan fingerprint density at radius 3 is 2.85 bits per heavy atom. The van der Waals surface area contributed by atoms with Crippen molar-refractivity contribution in [3.8, 4) is 0 Å². The van der Waals surface area contributed by atoms with Crippen LogP contribution in [0.2, 0.25) is 0 Å². The normalized spacial score (nSPS) is 17.6. The first-order chi connectivity index (χ1) is 9.39. The Morgan fingerprint density at radius 2 is 2.20 bits per heavy atom. The standard InChI is InChI=1S/C13H17FN4O2/c1-13(2)12(20)16-6-7-18(13)11(19)8-4-3-5-9(14)10(8)17-15/h3-5,17H,6-7,15H2,1-2H3,(H,16,20). The van der Waals surface area contributed by atoms with E-state index in [0.717, 1.165) is 0 Å². The molecule has 6 nitrogen and oxygen atoms in total. The van der Waals surface area contributed by atoms with Crippen LogP contribution in [0.4, 0.5) is 10.1 Å². The van der Waals surface area contributed by atoms with Gasteiger partial charge in [0.05, 0.1) is 11.3 Å². The van der Waals surface area contributed by atoms with Crippen LogP contribution in [0.15, 0.2) is 18.2 Å². The van der Waals surface area contributed by atoms with Gasteiger partial charge in [0.2, 0.25) is 5.91 Å². The maximum atomic E-state index is 13.7. The van der Waals surface area contributed by atoms with Gasteiger partial charge >= 0.3 is 0 Å². The number of nitrogens with one attached hydrogen (secondary N) is 2. The van der Waals surface area contributed by atoms with Crippen LogP contribution in [0, 0.1) is 5.82 Å². The van der Waals surface area contributed by atoms with Crippen molar-refractivity contribution in [1.82, 2.24) is 10.2 Å². The zero-order valence-electron chi connectivity index (χ0n) is 11.4. The number of rotatable bonds is 2. The van der Waals surface area contributed by atoms with Crippen molar-refractivity contribution in [3.05, 3.63) is 29.6 Å². The number of amides is 2. The van der Waals surface area contributed by atoms with E-state index >= 15 is 0 Å². The predicted octanol–water partition coefficient (Wildman–Crippen LogP) is 0.462. The van der Waals surface area contributed by atoms with Gasteiger partial charge in [0.25, 0.3) is 5.91 Å². The molecule has 4 N–H and O–H groups in total. The largest absolute Gasteiger partial charge is 0.352 e. The molecule has 0 aromatic heterocycles. The maximum Gasteiger partial charge on any atom is 0.257 e. The third kappa shape index (κ3) is 2.20. The SMILES string of the molecule is CC1(C)C(=O)NCCN1C(=O)c1cccc(F)c1NN. The number of halogens is 1. The molecule has 108 valence electrons. The van der Waals surface area contributed by atoms with Gasteiger partial charge in [-0.05, 0) is 26.0 Å². The maximum absolute atomic E-state index is 13.7. The molecule has 1 saturated heterocycles. The van der Waals surface area contributed by atoms with Gasteiger partial charge in [-0.25, -0.2) is 4.39 Å². The molecule has 2 amide bonds. The van der Waals surface area contributed by atoms with Crippen LogP contribution in [0.3, 0.4) is 0 Å². The van der Waals surface area contributed by atoms with Crippen molar-refractivity contribution in [2.45, 2.75) is 19.4 Å². The number of nitrogen functional groups attached to an aromatic ring is 1. The van der Waals surface area contributed by atoms with Gasteiger partial charge in [-0.1, -0.05) is 6.07 Å². The molecular weight excluding hydrogens is 263 g/mol. The number of nitrogens with zero attached hydrogens (tertiary/aromatic N) is 1. The van der Waals surface area contributed by atoms with E-state index in [0.29, 0.717) is 13.1 Å². The lowest BCUT2D eigenvalue weighted by Gasteiger charge is -2.41. The van der Waals surface area contributed by atoms with E-state index in [-0.39, 0.29) is 17.2 Å². The van der Waals surface area contributed by atoms with E-state index in [1.165, 1.54) is 23.1 Å². The summed E-state index contributed by atoms with van der Waals surface area (Å²) in [4.78, 5) is 25.9. The van der Waals surface area contributed by atoms with E-state index in [1.807, 2.05) is 0 Å². The summed E-state index contributed by atoms with van der Waals surface area (Å²) in [7, 11) is 0. The number of piperazine rings is 1. The minimum absolute atomic E-state index is 0.0701. The number of anilines is 1. The van der Waals surface area contributed by atoms with Gasteiger partial charge < -0.3 is 15.6 Å². The van der Waals surface area contributed by atoms with Crippen molar-refractivity contribution in [3.63, 3.8) is 0 Å². The fourth-order valence-electron chi connectivity index (χ4n) is 2.25. The number of hydrazine groups is 1. The van der Waals surface area contributed by atoms with Crippen molar-refractivity contribution in [2.75, 3.05) is 18.5 Å². The quantitative estimate of drug-likeness (QED) is 0.542. The van der Waals surface area contributed by atoms with Gasteiger partial charge in [-0.2, -0.15) is 0 Å². The summed E-state index contributed by atoms with van der Waals surface area (Å²) in [5, 5.41) is 2.70. The van der Waals surface area contributed by atoms with Crippen molar-refractivity contribution in [2.24, 2.45) is 5.84 Å². The highest BCUT2D eigenvalue weighted by molar-refractivity contribution is 6.03. The van der Waals surface area contributed by atoms with Crippen LogP contribution in [-0.4, -0.2) is 35.3 Å². The van der Waals surface area contributed by atoms with Crippen molar-refractivity contribution in [1.29, 1.82) is 0 Å². The molecule has 1 aromatic rings. The molecule has 1 aliphatic heterocycles. The van der Waals surface area contributed by atoms with Crippen molar-refractivity contribution < 1.29 is 14.0 Å². The van der Waals surface area contributed by atoms with Gasteiger partial charge in [-0.15, -0.1) is 0 Å². The van der Waals surface area contributed by atoms with E-state index in [9.17, 15) is 14.0 Å². The van der Waals surface area contributed by atoms with Crippen LogP contribution in [-0.2, 0) is 4.79 Å². The lowest BCUT2D eigenvalue weighted by atomic mass is 9.97. The molecule has 2 rings (SSSR count). The molecule has 1 heterocycles. The summed E-state index contributed by atoms with van der Waals surface area (Å²) in [5.74, 6) is 3.99. The third-order valence-electron chi connectivity index (χ3n) is 3.48. The molecule has 1 aromatic carbocycles. The summed E-state index contributed by atoms with van der Waals surface area (Å²) in [6.07, 6.45) is 0. The average Bonchev–Trinajstić information content (AvgIpc) is 2.41. The summed E-state index contributed by atoms with van der Waals surface area (Å²) in [6, 6.07) is 4.11. The summed E-state index contributed by atoms with van der Waals surface area (Å²) in [6.45, 7) is 4.02. The lowest BCUT2D eigenvalue weighted by molar-refractivity contribution is -0.133. The first-order valence-electron chi connectivity index (χ1n) is 6.25. The second-order valence-electron chi connectivity index (χ2n) is 5.08. The first-order valence-corrected chi connectivity index (χ1v) is 6.25. The molecule has 0 unspecified atom stereocenters. The highest BCUT2D eigenvalue weighted by Gasteiger charge is 2.41. The monoisotopic (exact) mass is 280 g/mol. The molecule has 20 heavy (non-hydrogen) atoms. The minimum Gasteiger partial charge on any atom is -0.352 e. The van der Waals surface area contributed by atoms with Crippen LogP contribution >= 0.6 is 0 Å². The molecule has 0 atom stereocenters. The predicted molar refractivity (Wildman–Crippen MR) is 72.3 cm³/mol. The van der Waals surface area contributed by atoms with Crippen LogP contribution in [0.25, 0.3) is 0 Å². The molecule has 0 bridgehead atoms. The molecule has 1 aliphatic rings. The first kappa shape index (κ1) is 14.3. The van der Waals surface area contributed by atoms with Crippen LogP contribution < -0.4 is 16.6 Å². The number of hydrogen-bond acceptors (Lipinski definition) is 4. The summed E-state index contributed by atoms with van der Waals surface area (Å²) in [5.41, 5.74) is 1.24. The number of para-hydroxylation sites is 1. The van der Waals surface area contributed by atoms with Gasteiger partial charge in [0.1, 0.15) is 11.4 Å². The molecular formula is C13H17FN4O2. The van der Waals surface area contributed by atoms with E-state index < -0.39 is 17.3 Å². The lowest BCUT2D eigenvalue weighted by Crippen LogP contribution is -2.63. The topological polar surface area (TPSA) is 87.5 Å². The van der Waals surface area contributed by atoms with Crippen LogP contribution in [0.1, 0.15) is 24.2 Å². The van der Waals surface area contributed by atoms with Crippen molar-refractivity contribution >= 4 is 17.5 Å².